The molecule has 0 spiro atoms. The minimum atomic E-state index is -4.08. The van der Waals surface area contributed by atoms with E-state index < -0.39 is 10.1 Å². The van der Waals surface area contributed by atoms with E-state index in [0.717, 1.165) is 30.7 Å². The van der Waals surface area contributed by atoms with Gasteiger partial charge < -0.3 is 9.04 Å². The molecule has 0 radical (unpaired) electrons. The molecule has 4 nitrogen and oxygen atoms in total. The Morgan fingerprint density at radius 1 is 0.652 bits per heavy atom. The van der Waals surface area contributed by atoms with Gasteiger partial charge >= 0.3 is 0 Å². The molecule has 0 heterocycles. The zero-order valence-corrected chi connectivity index (χ0v) is 16.5. The Balaban J connectivity index is 4.77. The van der Waals surface area contributed by atoms with Crippen LogP contribution in [0.15, 0.2) is 0 Å². The first-order valence-corrected chi connectivity index (χ1v) is 11.3. The number of quaternary nitrogens is 1. The van der Waals surface area contributed by atoms with Crippen molar-refractivity contribution < 1.29 is 17.5 Å². The molecule has 5 heteroatoms. The summed E-state index contributed by atoms with van der Waals surface area (Å²) in [5, 5.41) is 0. The molecule has 0 aromatic heterocycles. The van der Waals surface area contributed by atoms with Crippen LogP contribution in [-0.2, 0) is 10.1 Å². The Labute approximate surface area is 145 Å². The Bertz CT molecular complexity index is 342. The van der Waals surface area contributed by atoms with Gasteiger partial charge in [-0.2, -0.15) is 0 Å². The molecule has 0 saturated carbocycles. The summed E-state index contributed by atoms with van der Waals surface area (Å²) < 4.78 is 33.8. The van der Waals surface area contributed by atoms with Crippen LogP contribution in [0.1, 0.15) is 85.0 Å². The first kappa shape index (κ1) is 22.9. The molecule has 0 rings (SSSR count). The molecule has 0 saturated heterocycles. The van der Waals surface area contributed by atoms with Gasteiger partial charge in [0.15, 0.2) is 0 Å². The van der Waals surface area contributed by atoms with E-state index in [0.29, 0.717) is 6.42 Å². The quantitative estimate of drug-likeness (QED) is 0.237. The van der Waals surface area contributed by atoms with Gasteiger partial charge in [-0.1, -0.05) is 40.0 Å². The molecule has 0 aliphatic rings. The molecule has 0 unspecified atom stereocenters. The predicted octanol–water partition coefficient (Wildman–Crippen LogP) is 4.31. The number of rotatable bonds is 16. The summed E-state index contributed by atoms with van der Waals surface area (Å²) in [5.41, 5.74) is 0. The highest BCUT2D eigenvalue weighted by atomic mass is 32.2. The lowest BCUT2D eigenvalue weighted by molar-refractivity contribution is -0.928. The fourth-order valence-electron chi connectivity index (χ4n) is 3.34. The van der Waals surface area contributed by atoms with E-state index in [1.165, 1.54) is 57.8 Å². The summed E-state index contributed by atoms with van der Waals surface area (Å²) in [5.74, 6) is -0.206. The van der Waals surface area contributed by atoms with Crippen molar-refractivity contribution in [3.63, 3.8) is 0 Å². The van der Waals surface area contributed by atoms with Crippen molar-refractivity contribution in [2.45, 2.75) is 85.0 Å². The van der Waals surface area contributed by atoms with Crippen molar-refractivity contribution in [3.05, 3.63) is 0 Å². The largest absolute Gasteiger partial charge is 0.748 e. The topological polar surface area (TPSA) is 57.2 Å². The average Bonchev–Trinajstić information content (AvgIpc) is 2.47. The lowest BCUT2D eigenvalue weighted by Gasteiger charge is -2.39. The zero-order chi connectivity index (χ0) is 17.6. The lowest BCUT2D eigenvalue weighted by atomic mass is 10.1. The Morgan fingerprint density at radius 3 is 1.30 bits per heavy atom. The zero-order valence-electron chi connectivity index (χ0n) is 15.7. The normalized spacial score (nSPS) is 12.7. The van der Waals surface area contributed by atoms with Crippen molar-refractivity contribution in [3.8, 4) is 0 Å². The minimum Gasteiger partial charge on any atom is -0.748 e. The van der Waals surface area contributed by atoms with Gasteiger partial charge in [-0.15, -0.1) is 0 Å². The highest BCUT2D eigenvalue weighted by Gasteiger charge is 2.25. The highest BCUT2D eigenvalue weighted by Crippen LogP contribution is 2.17. The van der Waals surface area contributed by atoms with Crippen molar-refractivity contribution >= 4 is 10.1 Å². The molecule has 0 fully saturated rings. The molecule has 0 bridgehead atoms. The van der Waals surface area contributed by atoms with Crippen molar-refractivity contribution in [2.75, 3.05) is 31.9 Å². The van der Waals surface area contributed by atoms with E-state index in [9.17, 15) is 13.0 Å². The number of hydrogen-bond donors (Lipinski definition) is 0. The summed E-state index contributed by atoms with van der Waals surface area (Å²) in [6.45, 7) is 10.9. The molecule has 0 N–H and O–H groups in total. The molecule has 0 aromatic rings. The third-order valence-electron chi connectivity index (χ3n) is 4.73. The van der Waals surface area contributed by atoms with Gasteiger partial charge in [0.25, 0.3) is 0 Å². The van der Waals surface area contributed by atoms with Gasteiger partial charge in [0.05, 0.1) is 36.3 Å². The summed E-state index contributed by atoms with van der Waals surface area (Å²) >= 11 is 0. The number of hydrogen-bond acceptors (Lipinski definition) is 3. The van der Waals surface area contributed by atoms with E-state index in [1.807, 2.05) is 0 Å². The lowest BCUT2D eigenvalue weighted by Crippen LogP contribution is -2.51. The highest BCUT2D eigenvalue weighted by molar-refractivity contribution is 7.85. The second-order valence-corrected chi connectivity index (χ2v) is 8.50. The molecule has 0 atom stereocenters. The third kappa shape index (κ3) is 12.9. The van der Waals surface area contributed by atoms with Crippen molar-refractivity contribution in [2.24, 2.45) is 0 Å². The maximum absolute atomic E-state index is 10.9. The molecule has 0 aromatic carbocycles. The maximum Gasteiger partial charge on any atom is 0.0948 e. The Hall–Kier alpha value is -0.130. The maximum atomic E-state index is 10.9. The fraction of sp³-hybridized carbons (Fsp3) is 1.00. The first-order valence-electron chi connectivity index (χ1n) is 9.67. The van der Waals surface area contributed by atoms with Crippen LogP contribution in [0, 0.1) is 0 Å². The Kier molecular flexibility index (Phi) is 13.1. The van der Waals surface area contributed by atoms with Crippen LogP contribution in [-0.4, -0.2) is 49.4 Å². The van der Waals surface area contributed by atoms with Crippen LogP contribution in [0.4, 0.5) is 0 Å². The van der Waals surface area contributed by atoms with Crippen LogP contribution in [0.2, 0.25) is 0 Å². The van der Waals surface area contributed by atoms with Gasteiger partial charge in [0.1, 0.15) is 0 Å². The first-order chi connectivity index (χ1) is 10.9. The summed E-state index contributed by atoms with van der Waals surface area (Å²) in [4.78, 5) is 0. The average molecular weight is 350 g/mol. The number of unbranched alkanes of at least 4 members (excludes halogenated alkanes) is 6. The molecular formula is C18H39NO3S. The second-order valence-electron chi connectivity index (χ2n) is 6.97. The molecule has 23 heavy (non-hydrogen) atoms. The third-order valence-corrected chi connectivity index (χ3v) is 5.52. The van der Waals surface area contributed by atoms with Gasteiger partial charge in [0, 0.05) is 12.2 Å². The smallest absolute Gasteiger partial charge is 0.0948 e. The van der Waals surface area contributed by atoms with Crippen LogP contribution >= 0.6 is 0 Å². The van der Waals surface area contributed by atoms with E-state index >= 15 is 0 Å². The molecule has 0 aliphatic heterocycles. The predicted molar refractivity (Wildman–Crippen MR) is 97.5 cm³/mol. The number of nitrogens with zero attached hydrogens (tertiary/aromatic N) is 1. The van der Waals surface area contributed by atoms with Crippen LogP contribution in [0.5, 0.6) is 0 Å². The summed E-state index contributed by atoms with van der Waals surface area (Å²) in [7, 11) is -4.08. The molecule has 0 aliphatic carbocycles. The molecule has 0 amide bonds. The van der Waals surface area contributed by atoms with Gasteiger partial charge in [-0.25, -0.2) is 8.42 Å². The van der Waals surface area contributed by atoms with Gasteiger partial charge in [-0.05, 0) is 38.5 Å². The summed E-state index contributed by atoms with van der Waals surface area (Å²) in [6.07, 6.45) is 11.5. The molecule has 140 valence electrons. The van der Waals surface area contributed by atoms with E-state index in [1.54, 1.807) is 0 Å². The molecular weight excluding hydrogens is 310 g/mol. The van der Waals surface area contributed by atoms with E-state index in [-0.39, 0.29) is 5.75 Å². The van der Waals surface area contributed by atoms with Gasteiger partial charge in [0.2, 0.25) is 0 Å². The fourth-order valence-corrected chi connectivity index (χ4v) is 3.82. The van der Waals surface area contributed by atoms with Gasteiger partial charge in [-0.3, -0.25) is 0 Å². The minimum absolute atomic E-state index is 0.206. The van der Waals surface area contributed by atoms with E-state index in [4.69, 9.17) is 0 Å². The van der Waals surface area contributed by atoms with Crippen LogP contribution in [0.3, 0.4) is 0 Å². The second kappa shape index (κ2) is 13.2. The van der Waals surface area contributed by atoms with Crippen molar-refractivity contribution in [1.82, 2.24) is 0 Å². The summed E-state index contributed by atoms with van der Waals surface area (Å²) in [6, 6.07) is 0. The van der Waals surface area contributed by atoms with Crippen LogP contribution in [0.25, 0.3) is 0 Å². The monoisotopic (exact) mass is 349 g/mol. The SMILES string of the molecule is CCCCC[N+](CCCCC)(CCCCC)CCCS(=O)(=O)[O-]. The van der Waals surface area contributed by atoms with E-state index in [2.05, 4.69) is 20.8 Å². The van der Waals surface area contributed by atoms with Crippen LogP contribution < -0.4 is 0 Å². The van der Waals surface area contributed by atoms with Crippen molar-refractivity contribution in [1.29, 1.82) is 0 Å². The standard InChI is InChI=1S/C18H39NO3S/c1-4-7-10-14-19(15-11-8-5-2,16-12-9-6-3)17-13-18-23(20,21)22/h4-18H2,1-3H3. The Morgan fingerprint density at radius 2 is 1.00 bits per heavy atom.